The molecule has 0 aliphatic rings. The van der Waals surface area contributed by atoms with Crippen molar-refractivity contribution in [2.75, 3.05) is 20.3 Å². The summed E-state index contributed by atoms with van der Waals surface area (Å²) in [7, 11) is 1.57. The van der Waals surface area contributed by atoms with Crippen molar-refractivity contribution >= 4 is 38.7 Å². The molecule has 1 N–H and O–H groups in total. The third-order valence-electron chi connectivity index (χ3n) is 5.05. The number of nitrogens with one attached hydrogen (secondary N) is 1. The largest absolute Gasteiger partial charge is 0.416 e. The highest BCUT2D eigenvalue weighted by atomic mass is 32.1. The van der Waals surface area contributed by atoms with Crippen molar-refractivity contribution in [3.8, 4) is 10.6 Å². The van der Waals surface area contributed by atoms with Crippen molar-refractivity contribution in [1.29, 1.82) is 0 Å². The monoisotopic (exact) mass is 490 g/mol. The van der Waals surface area contributed by atoms with Gasteiger partial charge in [-0.25, -0.2) is 4.98 Å². The SMILES string of the molecule is COCCNC(=O)c1sc(-c2cccc3cc(Cc4cccc(C(F)(F)F)c4)sc23)nc1C. The van der Waals surface area contributed by atoms with E-state index in [1.54, 1.807) is 20.1 Å². The fourth-order valence-corrected chi connectivity index (χ4v) is 5.79. The molecule has 4 rings (SSSR count). The molecule has 0 aliphatic carbocycles. The molecular weight excluding hydrogens is 469 g/mol. The van der Waals surface area contributed by atoms with Gasteiger partial charge >= 0.3 is 6.18 Å². The quantitative estimate of drug-likeness (QED) is 0.309. The van der Waals surface area contributed by atoms with Crippen LogP contribution in [0, 0.1) is 6.92 Å². The number of hydrogen-bond donors (Lipinski definition) is 1. The average molecular weight is 491 g/mol. The topological polar surface area (TPSA) is 51.2 Å². The van der Waals surface area contributed by atoms with Crippen molar-refractivity contribution < 1.29 is 22.7 Å². The molecule has 0 spiro atoms. The standard InChI is InChI=1S/C24H21F3N2O2S2/c1-14-20(22(30)28-9-10-31-2)33-23(29-14)19-8-4-6-16-13-18(32-21(16)19)12-15-5-3-7-17(11-15)24(25,26)27/h3-8,11,13H,9-10,12H2,1-2H3,(H,28,30). The van der Waals surface area contributed by atoms with Gasteiger partial charge in [0.2, 0.25) is 0 Å². The molecular formula is C24H21F3N2O2S2. The fourth-order valence-electron chi connectivity index (χ4n) is 3.50. The minimum absolute atomic E-state index is 0.183. The van der Waals surface area contributed by atoms with E-state index in [4.69, 9.17) is 4.74 Å². The maximum Gasteiger partial charge on any atom is 0.416 e. The zero-order chi connectivity index (χ0) is 23.6. The number of alkyl halides is 3. The van der Waals surface area contributed by atoms with Gasteiger partial charge in [0.15, 0.2) is 0 Å². The average Bonchev–Trinajstić information content (AvgIpc) is 3.36. The van der Waals surface area contributed by atoms with Crippen molar-refractivity contribution in [1.82, 2.24) is 10.3 Å². The number of aryl methyl sites for hydroxylation is 1. The van der Waals surface area contributed by atoms with Gasteiger partial charge in [-0.05, 0) is 30.0 Å². The highest BCUT2D eigenvalue weighted by molar-refractivity contribution is 7.21. The van der Waals surface area contributed by atoms with Crippen LogP contribution in [0.25, 0.3) is 20.7 Å². The Morgan fingerprint density at radius 2 is 1.91 bits per heavy atom. The Kier molecular flexibility index (Phi) is 6.83. The van der Waals surface area contributed by atoms with Crippen LogP contribution in [0.2, 0.25) is 0 Å². The number of carbonyl (C=O) groups excluding carboxylic acids is 1. The third-order valence-corrected chi connectivity index (χ3v) is 7.43. The number of amides is 1. The van der Waals surface area contributed by atoms with E-state index in [-0.39, 0.29) is 5.91 Å². The van der Waals surface area contributed by atoms with Crippen molar-refractivity contribution in [3.05, 3.63) is 75.1 Å². The molecule has 1 amide bonds. The molecule has 0 saturated heterocycles. The van der Waals surface area contributed by atoms with E-state index in [2.05, 4.69) is 10.3 Å². The molecule has 0 atom stereocenters. The first-order chi connectivity index (χ1) is 15.8. The van der Waals surface area contributed by atoms with Gasteiger partial charge in [0, 0.05) is 35.2 Å². The van der Waals surface area contributed by atoms with E-state index in [0.29, 0.717) is 35.7 Å². The Balaban J connectivity index is 1.63. The lowest BCUT2D eigenvalue weighted by atomic mass is 10.1. The highest BCUT2D eigenvalue weighted by Crippen LogP contribution is 2.38. The Morgan fingerprint density at radius 3 is 2.67 bits per heavy atom. The van der Waals surface area contributed by atoms with Crippen LogP contribution in [0.1, 0.15) is 31.4 Å². The predicted octanol–water partition coefficient (Wildman–Crippen LogP) is 6.32. The molecule has 2 heterocycles. The number of carbonyl (C=O) groups is 1. The maximum atomic E-state index is 13.1. The molecule has 0 unspecified atom stereocenters. The van der Waals surface area contributed by atoms with E-state index in [1.165, 1.54) is 34.8 Å². The summed E-state index contributed by atoms with van der Waals surface area (Å²) in [6, 6.07) is 13.3. The van der Waals surface area contributed by atoms with Gasteiger partial charge in [-0.3, -0.25) is 4.79 Å². The second-order valence-electron chi connectivity index (χ2n) is 7.49. The lowest BCUT2D eigenvalue weighted by molar-refractivity contribution is -0.137. The lowest BCUT2D eigenvalue weighted by Gasteiger charge is -2.08. The first-order valence-electron chi connectivity index (χ1n) is 10.2. The van der Waals surface area contributed by atoms with Gasteiger partial charge in [-0.15, -0.1) is 22.7 Å². The summed E-state index contributed by atoms with van der Waals surface area (Å²) in [4.78, 5) is 18.6. The summed E-state index contributed by atoms with van der Waals surface area (Å²) >= 11 is 2.86. The van der Waals surface area contributed by atoms with Gasteiger partial charge in [-0.2, -0.15) is 13.2 Å². The van der Waals surface area contributed by atoms with E-state index >= 15 is 0 Å². The van der Waals surface area contributed by atoms with Gasteiger partial charge in [0.1, 0.15) is 9.88 Å². The first-order valence-corrected chi connectivity index (χ1v) is 11.8. The molecule has 172 valence electrons. The van der Waals surface area contributed by atoms with Gasteiger partial charge in [0.25, 0.3) is 5.91 Å². The molecule has 33 heavy (non-hydrogen) atoms. The zero-order valence-electron chi connectivity index (χ0n) is 18.0. The summed E-state index contributed by atoms with van der Waals surface area (Å²) in [5.74, 6) is -0.183. The Morgan fingerprint density at radius 1 is 1.12 bits per heavy atom. The van der Waals surface area contributed by atoms with Gasteiger partial charge < -0.3 is 10.1 Å². The molecule has 0 aliphatic heterocycles. The lowest BCUT2D eigenvalue weighted by Crippen LogP contribution is -2.26. The van der Waals surface area contributed by atoms with Crippen LogP contribution in [-0.2, 0) is 17.3 Å². The summed E-state index contributed by atoms with van der Waals surface area (Å²) in [6.07, 6.45) is -3.95. The number of methoxy groups -OCH3 is 1. The van der Waals surface area contributed by atoms with Crippen LogP contribution in [0.5, 0.6) is 0 Å². The summed E-state index contributed by atoms with van der Waals surface area (Å²) in [5.41, 5.74) is 1.54. The fraction of sp³-hybridized carbons (Fsp3) is 0.250. The smallest absolute Gasteiger partial charge is 0.383 e. The molecule has 0 radical (unpaired) electrons. The predicted molar refractivity (Wildman–Crippen MR) is 126 cm³/mol. The molecule has 0 bridgehead atoms. The molecule has 0 saturated carbocycles. The molecule has 4 nitrogen and oxygen atoms in total. The minimum atomic E-state index is -4.36. The molecule has 9 heteroatoms. The summed E-state index contributed by atoms with van der Waals surface area (Å²) in [6.45, 7) is 2.65. The van der Waals surface area contributed by atoms with Crippen molar-refractivity contribution in [3.63, 3.8) is 0 Å². The molecule has 0 fully saturated rings. The summed E-state index contributed by atoms with van der Waals surface area (Å²) < 4.78 is 45.1. The van der Waals surface area contributed by atoms with Crippen molar-refractivity contribution in [2.45, 2.75) is 19.5 Å². The number of halogens is 3. The molecule has 2 aromatic carbocycles. The number of thiophene rings is 1. The van der Waals surface area contributed by atoms with Crippen molar-refractivity contribution in [2.24, 2.45) is 0 Å². The zero-order valence-corrected chi connectivity index (χ0v) is 19.6. The van der Waals surface area contributed by atoms with Crippen LogP contribution in [0.3, 0.4) is 0 Å². The van der Waals surface area contributed by atoms with Crippen LogP contribution in [0.15, 0.2) is 48.5 Å². The molecule has 2 aromatic heterocycles. The van der Waals surface area contributed by atoms with Crippen LogP contribution in [-0.4, -0.2) is 31.2 Å². The number of ether oxygens (including phenoxy) is 1. The number of benzene rings is 2. The van der Waals surface area contributed by atoms with E-state index in [0.717, 1.165) is 31.6 Å². The number of hydrogen-bond acceptors (Lipinski definition) is 5. The number of nitrogens with zero attached hydrogens (tertiary/aromatic N) is 1. The second kappa shape index (κ2) is 9.62. The Hall–Kier alpha value is -2.75. The Labute approximate surface area is 197 Å². The van der Waals surface area contributed by atoms with Crippen LogP contribution in [0.4, 0.5) is 13.2 Å². The highest BCUT2D eigenvalue weighted by Gasteiger charge is 2.30. The van der Waals surface area contributed by atoms with Gasteiger partial charge in [-0.1, -0.05) is 36.4 Å². The Bertz CT molecular complexity index is 1290. The van der Waals surface area contributed by atoms with E-state index in [1.807, 2.05) is 24.3 Å². The molecule has 4 aromatic rings. The second-order valence-corrected chi connectivity index (χ2v) is 9.63. The number of thiazole rings is 1. The number of fused-ring (bicyclic) bond motifs is 1. The minimum Gasteiger partial charge on any atom is -0.383 e. The van der Waals surface area contributed by atoms with Crippen LogP contribution >= 0.6 is 22.7 Å². The number of rotatable bonds is 7. The number of aromatic nitrogens is 1. The van der Waals surface area contributed by atoms with Gasteiger partial charge in [0.05, 0.1) is 17.9 Å². The first kappa shape index (κ1) is 23.4. The van der Waals surface area contributed by atoms with E-state index < -0.39 is 11.7 Å². The third kappa shape index (κ3) is 5.26. The maximum absolute atomic E-state index is 13.1. The normalized spacial score (nSPS) is 11.8. The van der Waals surface area contributed by atoms with E-state index in [9.17, 15) is 18.0 Å². The summed E-state index contributed by atoms with van der Waals surface area (Å²) in [5, 5.41) is 4.56. The van der Waals surface area contributed by atoms with Crippen LogP contribution < -0.4 is 5.32 Å².